The van der Waals surface area contributed by atoms with E-state index in [9.17, 15) is 22.4 Å². The van der Waals surface area contributed by atoms with Crippen molar-refractivity contribution in [3.8, 4) is 5.69 Å². The third kappa shape index (κ3) is 4.21. The molecular weight excluding hydrogens is 374 g/mol. The normalized spacial score (nSPS) is 11.5. The summed E-state index contributed by atoms with van der Waals surface area (Å²) in [4.78, 5) is 12.1. The first-order valence-electron chi connectivity index (χ1n) is 8.42. The fourth-order valence-corrected chi connectivity index (χ4v) is 2.88. The Morgan fingerprint density at radius 1 is 1.07 bits per heavy atom. The zero-order valence-corrected chi connectivity index (χ0v) is 15.1. The molecule has 8 heteroatoms. The number of benzene rings is 2. The first-order valence-corrected chi connectivity index (χ1v) is 8.42. The topological polar surface area (TPSA) is 46.9 Å². The summed E-state index contributed by atoms with van der Waals surface area (Å²) in [6, 6.07) is 10.4. The number of halogens is 4. The molecule has 1 amide bonds. The summed E-state index contributed by atoms with van der Waals surface area (Å²) in [6.07, 6.45) is -4.60. The van der Waals surface area contributed by atoms with Crippen molar-refractivity contribution in [1.82, 2.24) is 15.1 Å². The van der Waals surface area contributed by atoms with Gasteiger partial charge in [0.1, 0.15) is 5.82 Å². The van der Waals surface area contributed by atoms with Crippen molar-refractivity contribution in [2.45, 2.75) is 26.6 Å². The molecule has 146 valence electrons. The van der Waals surface area contributed by atoms with Crippen LogP contribution in [0.25, 0.3) is 5.69 Å². The molecule has 3 aromatic rings. The van der Waals surface area contributed by atoms with Gasteiger partial charge in [-0.05, 0) is 61.9 Å². The van der Waals surface area contributed by atoms with Crippen LogP contribution in [0.5, 0.6) is 0 Å². The number of nitrogens with zero attached hydrogens (tertiary/aromatic N) is 2. The molecule has 0 spiro atoms. The van der Waals surface area contributed by atoms with E-state index in [0.29, 0.717) is 11.4 Å². The minimum atomic E-state index is -4.60. The summed E-state index contributed by atoms with van der Waals surface area (Å²) in [7, 11) is 0. The van der Waals surface area contributed by atoms with E-state index < -0.39 is 23.5 Å². The summed E-state index contributed by atoms with van der Waals surface area (Å²) in [5, 5.41) is 6.64. The number of amides is 1. The minimum absolute atomic E-state index is 0.0757. The van der Waals surface area contributed by atoms with Gasteiger partial charge in [0.05, 0.1) is 16.9 Å². The Bertz CT molecular complexity index is 1010. The van der Waals surface area contributed by atoms with Gasteiger partial charge in [-0.2, -0.15) is 18.3 Å². The van der Waals surface area contributed by atoms with Crippen LogP contribution in [-0.2, 0) is 12.7 Å². The van der Waals surface area contributed by atoms with Crippen molar-refractivity contribution in [2.75, 3.05) is 0 Å². The van der Waals surface area contributed by atoms with Crippen LogP contribution in [-0.4, -0.2) is 15.7 Å². The lowest BCUT2D eigenvalue weighted by Crippen LogP contribution is -2.24. The van der Waals surface area contributed by atoms with Gasteiger partial charge >= 0.3 is 6.18 Å². The Hall–Kier alpha value is -3.16. The fourth-order valence-electron chi connectivity index (χ4n) is 2.88. The molecule has 1 aromatic heterocycles. The average Bonchev–Trinajstić information content (AvgIpc) is 2.97. The molecule has 0 aliphatic rings. The van der Waals surface area contributed by atoms with Gasteiger partial charge in [0.2, 0.25) is 0 Å². The van der Waals surface area contributed by atoms with Gasteiger partial charge in [0, 0.05) is 17.8 Å². The number of aryl methyl sites for hydroxylation is 2. The van der Waals surface area contributed by atoms with E-state index in [1.807, 2.05) is 0 Å². The smallest absolute Gasteiger partial charge is 0.348 e. The van der Waals surface area contributed by atoms with E-state index in [-0.39, 0.29) is 23.4 Å². The third-order valence-electron chi connectivity index (χ3n) is 4.20. The number of rotatable bonds is 4. The standard InChI is InChI=1S/C20H17F4N3O/c1-12-9-13(2)27(26-12)17-8-5-15(18(10-17)20(22,23)24)11-25-19(28)14-3-6-16(21)7-4-14/h3-10H,11H2,1-2H3,(H,25,28). The predicted molar refractivity (Wildman–Crippen MR) is 95.6 cm³/mol. The zero-order valence-electron chi connectivity index (χ0n) is 15.1. The molecule has 28 heavy (non-hydrogen) atoms. The highest BCUT2D eigenvalue weighted by Gasteiger charge is 2.34. The van der Waals surface area contributed by atoms with E-state index in [4.69, 9.17) is 0 Å². The Morgan fingerprint density at radius 2 is 1.75 bits per heavy atom. The lowest BCUT2D eigenvalue weighted by molar-refractivity contribution is -0.138. The lowest BCUT2D eigenvalue weighted by atomic mass is 10.1. The first kappa shape index (κ1) is 19.6. The third-order valence-corrected chi connectivity index (χ3v) is 4.20. The van der Waals surface area contributed by atoms with Gasteiger partial charge < -0.3 is 5.32 Å². The summed E-state index contributed by atoms with van der Waals surface area (Å²) < 4.78 is 55.0. The number of nitrogens with one attached hydrogen (secondary N) is 1. The van der Waals surface area contributed by atoms with Crippen molar-refractivity contribution in [3.05, 3.63) is 82.4 Å². The molecule has 0 unspecified atom stereocenters. The van der Waals surface area contributed by atoms with E-state index in [2.05, 4.69) is 10.4 Å². The van der Waals surface area contributed by atoms with Gasteiger partial charge in [0.15, 0.2) is 0 Å². The maximum absolute atomic E-state index is 13.6. The van der Waals surface area contributed by atoms with Gasteiger partial charge in [-0.25, -0.2) is 9.07 Å². The predicted octanol–water partition coefficient (Wildman–Crippen LogP) is 4.58. The molecule has 0 atom stereocenters. The van der Waals surface area contributed by atoms with Crippen LogP contribution in [0.3, 0.4) is 0 Å². The van der Waals surface area contributed by atoms with Crippen LogP contribution >= 0.6 is 0 Å². The highest BCUT2D eigenvalue weighted by molar-refractivity contribution is 5.94. The number of hydrogen-bond donors (Lipinski definition) is 1. The van der Waals surface area contributed by atoms with E-state index in [1.54, 1.807) is 19.9 Å². The second-order valence-electron chi connectivity index (χ2n) is 6.37. The average molecular weight is 391 g/mol. The largest absolute Gasteiger partial charge is 0.416 e. The number of carbonyl (C=O) groups is 1. The number of alkyl halides is 3. The molecule has 2 aromatic carbocycles. The SMILES string of the molecule is Cc1cc(C)n(-c2ccc(CNC(=O)c3ccc(F)cc3)c(C(F)(F)F)c2)n1. The maximum Gasteiger partial charge on any atom is 0.416 e. The molecule has 0 saturated heterocycles. The van der Waals surface area contributed by atoms with Crippen molar-refractivity contribution < 1.29 is 22.4 Å². The van der Waals surface area contributed by atoms with Gasteiger partial charge in [-0.1, -0.05) is 6.07 Å². The lowest BCUT2D eigenvalue weighted by Gasteiger charge is -2.16. The molecule has 4 nitrogen and oxygen atoms in total. The van der Waals surface area contributed by atoms with Crippen LogP contribution < -0.4 is 5.32 Å². The second kappa shape index (κ2) is 7.46. The van der Waals surface area contributed by atoms with Crippen molar-refractivity contribution >= 4 is 5.91 Å². The van der Waals surface area contributed by atoms with E-state index >= 15 is 0 Å². The van der Waals surface area contributed by atoms with Crippen LogP contribution in [0, 0.1) is 19.7 Å². The number of aromatic nitrogens is 2. The number of carbonyl (C=O) groups excluding carboxylic acids is 1. The summed E-state index contributed by atoms with van der Waals surface area (Å²) in [5.74, 6) is -1.09. The summed E-state index contributed by atoms with van der Waals surface area (Å²) in [5.41, 5.74) is 0.927. The molecule has 0 aliphatic carbocycles. The van der Waals surface area contributed by atoms with E-state index in [0.717, 1.165) is 18.2 Å². The van der Waals surface area contributed by atoms with Crippen molar-refractivity contribution in [2.24, 2.45) is 0 Å². The van der Waals surface area contributed by atoms with Crippen molar-refractivity contribution in [1.29, 1.82) is 0 Å². The molecule has 3 rings (SSSR count). The molecule has 0 bridgehead atoms. The molecule has 1 heterocycles. The van der Waals surface area contributed by atoms with Crippen molar-refractivity contribution in [3.63, 3.8) is 0 Å². The second-order valence-corrected chi connectivity index (χ2v) is 6.37. The van der Waals surface area contributed by atoms with Crippen LogP contribution in [0.1, 0.15) is 32.9 Å². The van der Waals surface area contributed by atoms with Crippen LogP contribution in [0.15, 0.2) is 48.5 Å². The van der Waals surface area contributed by atoms with E-state index in [1.165, 1.54) is 28.9 Å². The molecule has 0 radical (unpaired) electrons. The van der Waals surface area contributed by atoms with Gasteiger partial charge in [-0.3, -0.25) is 4.79 Å². The Balaban J connectivity index is 1.87. The van der Waals surface area contributed by atoms with Gasteiger partial charge in [0.25, 0.3) is 5.91 Å². The minimum Gasteiger partial charge on any atom is -0.348 e. The Labute approximate surface area is 158 Å². The number of hydrogen-bond acceptors (Lipinski definition) is 2. The molecule has 0 saturated carbocycles. The fraction of sp³-hybridized carbons (Fsp3) is 0.200. The zero-order chi connectivity index (χ0) is 20.5. The summed E-state index contributed by atoms with van der Waals surface area (Å²) in [6.45, 7) is 3.19. The first-order chi connectivity index (χ1) is 13.1. The Kier molecular flexibility index (Phi) is 5.22. The molecule has 1 N–H and O–H groups in total. The quantitative estimate of drug-likeness (QED) is 0.662. The monoisotopic (exact) mass is 391 g/mol. The Morgan fingerprint density at radius 3 is 2.32 bits per heavy atom. The molecule has 0 fully saturated rings. The van der Waals surface area contributed by atoms with Crippen LogP contribution in [0.2, 0.25) is 0 Å². The highest BCUT2D eigenvalue weighted by atomic mass is 19.4. The van der Waals surface area contributed by atoms with Gasteiger partial charge in [-0.15, -0.1) is 0 Å². The summed E-state index contributed by atoms with van der Waals surface area (Å²) >= 11 is 0. The highest BCUT2D eigenvalue weighted by Crippen LogP contribution is 2.33. The van der Waals surface area contributed by atoms with Crippen LogP contribution in [0.4, 0.5) is 17.6 Å². The molecule has 0 aliphatic heterocycles. The maximum atomic E-state index is 13.6. The molecular formula is C20H17F4N3O.